The van der Waals surface area contributed by atoms with Crippen LogP contribution < -0.4 is 5.32 Å². The molecule has 20 heavy (non-hydrogen) atoms. The fourth-order valence-corrected chi connectivity index (χ4v) is 2.53. The summed E-state index contributed by atoms with van der Waals surface area (Å²) in [5.41, 5.74) is 0.568. The van der Waals surface area contributed by atoms with E-state index >= 15 is 0 Å². The van der Waals surface area contributed by atoms with E-state index in [9.17, 15) is 10.2 Å². The number of morpholine rings is 1. The number of rotatable bonds is 6. The number of benzene rings is 1. The molecular weight excluding hydrogens is 256 g/mol. The second-order valence-corrected chi connectivity index (χ2v) is 5.19. The highest BCUT2D eigenvalue weighted by Crippen LogP contribution is 2.31. The smallest absolute Gasteiger partial charge is 0.124 e. The number of ether oxygens (including phenoxy) is 1. The molecule has 2 rings (SSSR count). The molecule has 3 N–H and O–H groups in total. The molecule has 0 amide bonds. The van der Waals surface area contributed by atoms with E-state index in [1.165, 1.54) is 0 Å². The first-order valence-corrected chi connectivity index (χ1v) is 7.23. The minimum atomic E-state index is -0.0686. The molecule has 1 aromatic carbocycles. The van der Waals surface area contributed by atoms with Gasteiger partial charge in [-0.1, -0.05) is 6.07 Å². The van der Waals surface area contributed by atoms with Crippen molar-refractivity contribution in [2.45, 2.75) is 19.4 Å². The summed E-state index contributed by atoms with van der Waals surface area (Å²) in [5.74, 6) is 0.274. The SMILES string of the molecule is CC(NCCCN1CCOCC1)c1c(O)cccc1O. The third-order valence-electron chi connectivity index (χ3n) is 3.70. The van der Waals surface area contributed by atoms with Gasteiger partial charge in [0.05, 0.1) is 18.8 Å². The lowest BCUT2D eigenvalue weighted by atomic mass is 10.1. The average Bonchev–Trinajstić information content (AvgIpc) is 2.44. The summed E-state index contributed by atoms with van der Waals surface area (Å²) in [6, 6.07) is 4.77. The van der Waals surface area contributed by atoms with Crippen LogP contribution in [0.2, 0.25) is 0 Å². The molecule has 0 bridgehead atoms. The molecule has 1 aliphatic heterocycles. The van der Waals surface area contributed by atoms with E-state index in [-0.39, 0.29) is 17.5 Å². The molecule has 0 saturated carbocycles. The number of nitrogens with one attached hydrogen (secondary N) is 1. The third kappa shape index (κ3) is 4.10. The van der Waals surface area contributed by atoms with E-state index < -0.39 is 0 Å². The van der Waals surface area contributed by atoms with E-state index in [0.717, 1.165) is 45.8 Å². The fourth-order valence-electron chi connectivity index (χ4n) is 2.53. The van der Waals surface area contributed by atoms with Crippen molar-refractivity contribution in [3.63, 3.8) is 0 Å². The first-order valence-electron chi connectivity index (χ1n) is 7.23. The monoisotopic (exact) mass is 280 g/mol. The first kappa shape index (κ1) is 15.1. The normalized spacial score (nSPS) is 18.1. The summed E-state index contributed by atoms with van der Waals surface area (Å²) in [5, 5.41) is 22.9. The lowest BCUT2D eigenvalue weighted by molar-refractivity contribution is 0.0374. The van der Waals surface area contributed by atoms with Gasteiger partial charge in [-0.2, -0.15) is 0 Å². The summed E-state index contributed by atoms with van der Waals surface area (Å²) in [7, 11) is 0. The molecule has 1 aromatic rings. The molecule has 0 aliphatic carbocycles. The highest BCUT2D eigenvalue weighted by atomic mass is 16.5. The third-order valence-corrected chi connectivity index (χ3v) is 3.70. The highest BCUT2D eigenvalue weighted by molar-refractivity contribution is 5.44. The van der Waals surface area contributed by atoms with Gasteiger partial charge in [-0.15, -0.1) is 0 Å². The Morgan fingerprint density at radius 3 is 2.55 bits per heavy atom. The number of hydrogen-bond donors (Lipinski definition) is 3. The summed E-state index contributed by atoms with van der Waals surface area (Å²) in [6.07, 6.45) is 1.04. The van der Waals surface area contributed by atoms with Crippen molar-refractivity contribution < 1.29 is 14.9 Å². The summed E-state index contributed by atoms with van der Waals surface area (Å²) >= 11 is 0. The zero-order valence-corrected chi connectivity index (χ0v) is 12.0. The molecule has 1 heterocycles. The number of aromatic hydroxyl groups is 2. The van der Waals surface area contributed by atoms with Crippen molar-refractivity contribution in [3.8, 4) is 11.5 Å². The Morgan fingerprint density at radius 1 is 1.25 bits per heavy atom. The van der Waals surface area contributed by atoms with Gasteiger partial charge in [0.15, 0.2) is 0 Å². The van der Waals surface area contributed by atoms with Crippen LogP contribution in [0.3, 0.4) is 0 Å². The Bertz CT molecular complexity index is 399. The predicted molar refractivity (Wildman–Crippen MR) is 78.1 cm³/mol. The maximum Gasteiger partial charge on any atom is 0.124 e. The van der Waals surface area contributed by atoms with Crippen molar-refractivity contribution in [2.75, 3.05) is 39.4 Å². The van der Waals surface area contributed by atoms with Crippen LogP contribution in [0.25, 0.3) is 0 Å². The number of hydrogen-bond acceptors (Lipinski definition) is 5. The zero-order valence-electron chi connectivity index (χ0n) is 12.0. The molecule has 1 saturated heterocycles. The highest BCUT2D eigenvalue weighted by Gasteiger charge is 2.14. The Hall–Kier alpha value is -1.30. The Labute approximate surface area is 120 Å². The lowest BCUT2D eigenvalue weighted by Gasteiger charge is -2.26. The van der Waals surface area contributed by atoms with Crippen LogP contribution in [0, 0.1) is 0 Å². The van der Waals surface area contributed by atoms with Crippen LogP contribution in [0.4, 0.5) is 0 Å². The molecule has 5 heteroatoms. The van der Waals surface area contributed by atoms with E-state index in [1.54, 1.807) is 18.2 Å². The first-order chi connectivity index (χ1) is 9.68. The molecule has 0 spiro atoms. The van der Waals surface area contributed by atoms with Crippen molar-refractivity contribution in [1.82, 2.24) is 10.2 Å². The van der Waals surface area contributed by atoms with Gasteiger partial charge in [-0.3, -0.25) is 4.90 Å². The molecule has 0 aromatic heterocycles. The van der Waals surface area contributed by atoms with Crippen LogP contribution in [0.15, 0.2) is 18.2 Å². The maximum absolute atomic E-state index is 9.80. The van der Waals surface area contributed by atoms with Gasteiger partial charge >= 0.3 is 0 Å². The number of nitrogens with zero attached hydrogens (tertiary/aromatic N) is 1. The molecule has 0 radical (unpaired) electrons. The lowest BCUT2D eigenvalue weighted by Crippen LogP contribution is -2.37. The molecule has 112 valence electrons. The van der Waals surface area contributed by atoms with E-state index in [2.05, 4.69) is 10.2 Å². The Balaban J connectivity index is 1.73. The molecule has 5 nitrogen and oxygen atoms in total. The van der Waals surface area contributed by atoms with Crippen molar-refractivity contribution in [1.29, 1.82) is 0 Å². The van der Waals surface area contributed by atoms with Gasteiger partial charge < -0.3 is 20.3 Å². The second-order valence-electron chi connectivity index (χ2n) is 5.19. The van der Waals surface area contributed by atoms with Gasteiger partial charge in [-0.05, 0) is 38.6 Å². The van der Waals surface area contributed by atoms with Crippen LogP contribution in [0.1, 0.15) is 24.9 Å². The maximum atomic E-state index is 9.80. The molecule has 1 fully saturated rings. The number of phenolic OH excluding ortho intramolecular Hbond substituents is 2. The largest absolute Gasteiger partial charge is 0.507 e. The Kier molecular flexibility index (Phi) is 5.64. The van der Waals surface area contributed by atoms with E-state index in [4.69, 9.17) is 4.74 Å². The average molecular weight is 280 g/mol. The molecule has 1 aliphatic rings. The number of phenols is 2. The standard InChI is InChI=1S/C15H24N2O3/c1-12(15-13(18)4-2-5-14(15)19)16-6-3-7-17-8-10-20-11-9-17/h2,4-5,12,16,18-19H,3,6-11H2,1H3. The molecule has 1 unspecified atom stereocenters. The van der Waals surface area contributed by atoms with Crippen LogP contribution >= 0.6 is 0 Å². The summed E-state index contributed by atoms with van der Waals surface area (Å²) in [6.45, 7) is 7.53. The van der Waals surface area contributed by atoms with Crippen molar-refractivity contribution >= 4 is 0 Å². The van der Waals surface area contributed by atoms with Crippen LogP contribution in [-0.2, 0) is 4.74 Å². The van der Waals surface area contributed by atoms with E-state index in [1.807, 2.05) is 6.92 Å². The zero-order chi connectivity index (χ0) is 14.4. The summed E-state index contributed by atoms with van der Waals surface area (Å²) in [4.78, 5) is 2.40. The van der Waals surface area contributed by atoms with E-state index in [0.29, 0.717) is 5.56 Å². The van der Waals surface area contributed by atoms with Crippen LogP contribution in [-0.4, -0.2) is 54.5 Å². The Morgan fingerprint density at radius 2 is 1.90 bits per heavy atom. The topological polar surface area (TPSA) is 65.0 Å². The summed E-state index contributed by atoms with van der Waals surface area (Å²) < 4.78 is 5.32. The van der Waals surface area contributed by atoms with Gasteiger partial charge in [0.1, 0.15) is 11.5 Å². The van der Waals surface area contributed by atoms with Gasteiger partial charge in [0.2, 0.25) is 0 Å². The van der Waals surface area contributed by atoms with Gasteiger partial charge in [0.25, 0.3) is 0 Å². The quantitative estimate of drug-likeness (QED) is 0.689. The van der Waals surface area contributed by atoms with Crippen LogP contribution in [0.5, 0.6) is 11.5 Å². The molecular formula is C15H24N2O3. The van der Waals surface area contributed by atoms with Gasteiger partial charge in [-0.25, -0.2) is 0 Å². The predicted octanol–water partition coefficient (Wildman–Crippen LogP) is 1.47. The van der Waals surface area contributed by atoms with Crippen molar-refractivity contribution in [3.05, 3.63) is 23.8 Å². The van der Waals surface area contributed by atoms with Gasteiger partial charge in [0, 0.05) is 19.1 Å². The minimum Gasteiger partial charge on any atom is -0.507 e. The molecule has 1 atom stereocenters. The minimum absolute atomic E-state index is 0.0686. The second kappa shape index (κ2) is 7.47. The van der Waals surface area contributed by atoms with Crippen molar-refractivity contribution in [2.24, 2.45) is 0 Å². The fraction of sp³-hybridized carbons (Fsp3) is 0.600.